The lowest BCUT2D eigenvalue weighted by Gasteiger charge is -2.17. The lowest BCUT2D eigenvalue weighted by molar-refractivity contribution is -0.127. The molecule has 1 unspecified atom stereocenters. The summed E-state index contributed by atoms with van der Waals surface area (Å²) in [6.45, 7) is 6.98. The average Bonchev–Trinajstić information content (AvgIpc) is 2.90. The second kappa shape index (κ2) is 7.65. The summed E-state index contributed by atoms with van der Waals surface area (Å²) in [5, 5.41) is 3.20. The smallest absolute Gasteiger partial charge is 0.232 e. The first-order valence-electron chi connectivity index (χ1n) is 7.33. The number of halogens is 1. The van der Waals surface area contributed by atoms with Crippen molar-refractivity contribution in [1.82, 2.24) is 10.2 Å². The molecule has 1 fully saturated rings. The molecule has 1 aromatic rings. The third kappa shape index (κ3) is 4.47. The Balaban J connectivity index is 1.89. The molecule has 1 saturated heterocycles. The molecule has 2 rings (SSSR count). The Morgan fingerprint density at radius 2 is 2.19 bits per heavy atom. The first-order valence-corrected chi connectivity index (χ1v) is 9.11. The Kier molecular flexibility index (Phi) is 6.14. The molecule has 1 aliphatic heterocycles. The first-order chi connectivity index (χ1) is 10.0. The van der Waals surface area contributed by atoms with Gasteiger partial charge in [-0.05, 0) is 63.0 Å². The zero-order valence-corrected chi connectivity index (χ0v) is 15.3. The Bertz CT molecular complexity index is 521. The number of rotatable bonds is 5. The van der Waals surface area contributed by atoms with Crippen LogP contribution in [0.15, 0.2) is 21.5 Å². The van der Waals surface area contributed by atoms with E-state index in [1.165, 1.54) is 16.0 Å². The van der Waals surface area contributed by atoms with Gasteiger partial charge in [0, 0.05) is 22.5 Å². The van der Waals surface area contributed by atoms with E-state index in [4.69, 9.17) is 0 Å². The minimum atomic E-state index is 0.263. The van der Waals surface area contributed by atoms with E-state index in [0.29, 0.717) is 11.7 Å². The van der Waals surface area contributed by atoms with Crippen molar-refractivity contribution < 1.29 is 4.79 Å². The predicted octanol–water partition coefficient (Wildman–Crippen LogP) is 3.23. The van der Waals surface area contributed by atoms with Crippen molar-refractivity contribution in [2.24, 2.45) is 5.92 Å². The van der Waals surface area contributed by atoms with Crippen LogP contribution in [-0.4, -0.2) is 43.2 Å². The van der Waals surface area contributed by atoms with Crippen LogP contribution in [0.25, 0.3) is 0 Å². The Morgan fingerprint density at radius 1 is 1.43 bits per heavy atom. The highest BCUT2D eigenvalue weighted by Gasteiger charge is 2.25. The van der Waals surface area contributed by atoms with Crippen LogP contribution >= 0.6 is 27.7 Å². The maximum atomic E-state index is 12.3. The molecule has 0 bridgehead atoms. The summed E-state index contributed by atoms with van der Waals surface area (Å²) in [5.74, 6) is 1.41. The van der Waals surface area contributed by atoms with Crippen LogP contribution in [0.2, 0.25) is 0 Å². The molecule has 1 aliphatic rings. The van der Waals surface area contributed by atoms with Crippen LogP contribution in [-0.2, 0) is 4.79 Å². The molecule has 1 atom stereocenters. The van der Waals surface area contributed by atoms with Crippen molar-refractivity contribution >= 4 is 33.6 Å². The number of hydrogen-bond donors (Lipinski definition) is 1. The minimum Gasteiger partial charge on any atom is -0.342 e. The molecule has 1 aromatic carbocycles. The minimum absolute atomic E-state index is 0.263. The van der Waals surface area contributed by atoms with Gasteiger partial charge in [-0.3, -0.25) is 4.79 Å². The molecule has 1 amide bonds. The standard InChI is InChI=1S/C16H23BrN2OS/c1-11-7-15(12(2)6-14(11)17)21-10-16(20)19-5-4-13(9-19)8-18-3/h6-7,13,18H,4-5,8-10H2,1-3H3. The van der Waals surface area contributed by atoms with Gasteiger partial charge in [-0.1, -0.05) is 15.9 Å². The summed E-state index contributed by atoms with van der Waals surface area (Å²) in [6, 6.07) is 4.28. The van der Waals surface area contributed by atoms with Gasteiger partial charge >= 0.3 is 0 Å². The van der Waals surface area contributed by atoms with Crippen LogP contribution in [0.4, 0.5) is 0 Å². The van der Waals surface area contributed by atoms with E-state index in [2.05, 4.69) is 47.2 Å². The number of carbonyl (C=O) groups is 1. The summed E-state index contributed by atoms with van der Waals surface area (Å²) < 4.78 is 1.13. The van der Waals surface area contributed by atoms with E-state index in [1.807, 2.05) is 11.9 Å². The van der Waals surface area contributed by atoms with Gasteiger partial charge < -0.3 is 10.2 Å². The van der Waals surface area contributed by atoms with E-state index >= 15 is 0 Å². The van der Waals surface area contributed by atoms with Gasteiger partial charge in [0.1, 0.15) is 0 Å². The molecule has 0 radical (unpaired) electrons. The molecule has 1 heterocycles. The molecule has 0 aromatic heterocycles. The van der Waals surface area contributed by atoms with Crippen molar-refractivity contribution in [2.45, 2.75) is 25.2 Å². The molecule has 1 N–H and O–H groups in total. The van der Waals surface area contributed by atoms with Crippen molar-refractivity contribution in [3.63, 3.8) is 0 Å². The molecule has 21 heavy (non-hydrogen) atoms. The number of benzene rings is 1. The van der Waals surface area contributed by atoms with Crippen LogP contribution in [0.1, 0.15) is 17.5 Å². The van der Waals surface area contributed by atoms with Crippen molar-refractivity contribution in [1.29, 1.82) is 0 Å². The highest BCUT2D eigenvalue weighted by Crippen LogP contribution is 2.29. The molecule has 0 saturated carbocycles. The van der Waals surface area contributed by atoms with Gasteiger partial charge in [0.15, 0.2) is 0 Å². The number of thioether (sulfide) groups is 1. The lowest BCUT2D eigenvalue weighted by Crippen LogP contribution is -2.31. The van der Waals surface area contributed by atoms with Gasteiger partial charge in [0.25, 0.3) is 0 Å². The normalized spacial score (nSPS) is 18.3. The third-order valence-corrected chi connectivity index (χ3v) is 5.94. The summed E-state index contributed by atoms with van der Waals surface area (Å²) in [4.78, 5) is 15.5. The van der Waals surface area contributed by atoms with Gasteiger partial charge in [0.2, 0.25) is 5.91 Å². The van der Waals surface area contributed by atoms with Gasteiger partial charge in [-0.15, -0.1) is 11.8 Å². The fraction of sp³-hybridized carbons (Fsp3) is 0.562. The second-order valence-corrected chi connectivity index (χ2v) is 7.58. The summed E-state index contributed by atoms with van der Waals surface area (Å²) in [7, 11) is 1.97. The predicted molar refractivity (Wildman–Crippen MR) is 93.0 cm³/mol. The summed E-state index contributed by atoms with van der Waals surface area (Å²) in [5.41, 5.74) is 2.44. The van der Waals surface area contributed by atoms with Crippen molar-refractivity contribution in [3.8, 4) is 0 Å². The molecule has 0 spiro atoms. The topological polar surface area (TPSA) is 32.3 Å². The molecular weight excluding hydrogens is 348 g/mol. The number of likely N-dealkylation sites (tertiary alicyclic amines) is 1. The first kappa shape index (κ1) is 16.8. The fourth-order valence-electron chi connectivity index (χ4n) is 2.66. The van der Waals surface area contributed by atoms with Crippen LogP contribution in [0.3, 0.4) is 0 Å². The molecule has 0 aliphatic carbocycles. The number of nitrogens with one attached hydrogen (secondary N) is 1. The molecule has 116 valence electrons. The van der Waals surface area contributed by atoms with E-state index in [9.17, 15) is 4.79 Å². The fourth-order valence-corrected chi connectivity index (χ4v) is 4.12. The maximum Gasteiger partial charge on any atom is 0.232 e. The number of amides is 1. The second-order valence-electron chi connectivity index (χ2n) is 5.71. The number of nitrogens with zero attached hydrogens (tertiary/aromatic N) is 1. The van der Waals surface area contributed by atoms with E-state index in [1.54, 1.807) is 11.8 Å². The quantitative estimate of drug-likeness (QED) is 0.807. The third-order valence-electron chi connectivity index (χ3n) is 3.94. The Labute approximate surface area is 140 Å². The van der Waals surface area contributed by atoms with Gasteiger partial charge in [0.05, 0.1) is 5.75 Å². The highest BCUT2D eigenvalue weighted by molar-refractivity contribution is 9.10. The molecule has 3 nitrogen and oxygen atoms in total. The largest absolute Gasteiger partial charge is 0.342 e. The number of carbonyl (C=O) groups excluding carboxylic acids is 1. The average molecular weight is 371 g/mol. The highest BCUT2D eigenvalue weighted by atomic mass is 79.9. The maximum absolute atomic E-state index is 12.3. The van der Waals surface area contributed by atoms with Crippen molar-refractivity contribution in [3.05, 3.63) is 27.7 Å². The van der Waals surface area contributed by atoms with E-state index < -0.39 is 0 Å². The van der Waals surface area contributed by atoms with E-state index in [-0.39, 0.29) is 5.91 Å². The number of aryl methyl sites for hydroxylation is 2. The Hall–Kier alpha value is -0.520. The Morgan fingerprint density at radius 3 is 2.90 bits per heavy atom. The monoisotopic (exact) mass is 370 g/mol. The van der Waals surface area contributed by atoms with Gasteiger partial charge in [-0.2, -0.15) is 0 Å². The number of hydrogen-bond acceptors (Lipinski definition) is 3. The lowest BCUT2D eigenvalue weighted by atomic mass is 10.1. The zero-order chi connectivity index (χ0) is 15.4. The van der Waals surface area contributed by atoms with Crippen molar-refractivity contribution in [2.75, 3.05) is 32.4 Å². The van der Waals surface area contributed by atoms with Crippen LogP contribution in [0.5, 0.6) is 0 Å². The zero-order valence-electron chi connectivity index (χ0n) is 12.9. The SMILES string of the molecule is CNCC1CCN(C(=O)CSc2cc(C)c(Br)cc2C)C1. The van der Waals surface area contributed by atoms with E-state index in [0.717, 1.165) is 30.5 Å². The molecule has 5 heteroatoms. The summed E-state index contributed by atoms with van der Waals surface area (Å²) >= 11 is 5.20. The van der Waals surface area contributed by atoms with Crippen LogP contribution in [0, 0.1) is 19.8 Å². The van der Waals surface area contributed by atoms with Gasteiger partial charge in [-0.25, -0.2) is 0 Å². The molecular formula is C16H23BrN2OS. The van der Waals surface area contributed by atoms with Crippen LogP contribution < -0.4 is 5.32 Å². The summed E-state index contributed by atoms with van der Waals surface area (Å²) in [6.07, 6.45) is 1.12.